The van der Waals surface area contributed by atoms with Crippen LogP contribution in [0.25, 0.3) is 10.1 Å². The van der Waals surface area contributed by atoms with Crippen LogP contribution in [0.3, 0.4) is 0 Å². The summed E-state index contributed by atoms with van der Waals surface area (Å²) in [6, 6.07) is 10.2. The Morgan fingerprint density at radius 3 is 2.80 bits per heavy atom. The third-order valence-electron chi connectivity index (χ3n) is 2.38. The molecule has 3 heteroatoms. The van der Waals surface area contributed by atoms with Crippen LogP contribution in [0.4, 0.5) is 0 Å². The molecule has 0 aliphatic carbocycles. The topological polar surface area (TPSA) is 29.5 Å². The first-order valence-electron chi connectivity index (χ1n) is 4.84. The monoisotopic (exact) mass is 222 g/mol. The van der Waals surface area contributed by atoms with Crippen molar-refractivity contribution in [1.29, 1.82) is 0 Å². The Labute approximate surface area is 93.1 Å². The molecule has 0 fully saturated rings. The zero-order valence-electron chi connectivity index (χ0n) is 8.86. The number of benzene rings is 1. The fourth-order valence-electron chi connectivity index (χ4n) is 1.60. The van der Waals surface area contributed by atoms with Gasteiger partial charge in [0.1, 0.15) is 5.60 Å². The van der Waals surface area contributed by atoms with Gasteiger partial charge >= 0.3 is 0 Å². The predicted octanol–water partition coefficient (Wildman–Crippen LogP) is 2.76. The van der Waals surface area contributed by atoms with Crippen molar-refractivity contribution in [3.05, 3.63) is 35.2 Å². The fraction of sp³-hybridized carbons (Fsp3) is 0.333. The Hall–Kier alpha value is -0.900. The van der Waals surface area contributed by atoms with E-state index in [-0.39, 0.29) is 0 Å². The smallest absolute Gasteiger partial charge is 0.119 e. The number of hydrogen-bond acceptors (Lipinski definition) is 3. The lowest BCUT2D eigenvalue weighted by atomic mass is 10.1. The highest BCUT2D eigenvalue weighted by Gasteiger charge is 2.25. The minimum atomic E-state index is -0.890. The van der Waals surface area contributed by atoms with Crippen LogP contribution in [0.15, 0.2) is 30.3 Å². The average Bonchev–Trinajstić information content (AvgIpc) is 2.61. The number of thiophene rings is 1. The Morgan fingerprint density at radius 1 is 1.40 bits per heavy atom. The third-order valence-corrected chi connectivity index (χ3v) is 3.75. The number of aliphatic hydroxyl groups is 1. The second-order valence-corrected chi connectivity index (χ2v) is 4.94. The van der Waals surface area contributed by atoms with Gasteiger partial charge in [0.05, 0.1) is 6.61 Å². The van der Waals surface area contributed by atoms with Crippen molar-refractivity contribution in [3.63, 3.8) is 0 Å². The Morgan fingerprint density at radius 2 is 2.13 bits per heavy atom. The first-order chi connectivity index (χ1) is 7.13. The Kier molecular flexibility index (Phi) is 2.78. The van der Waals surface area contributed by atoms with E-state index in [4.69, 9.17) is 4.74 Å². The van der Waals surface area contributed by atoms with Crippen LogP contribution < -0.4 is 0 Å². The van der Waals surface area contributed by atoms with Gasteiger partial charge in [0, 0.05) is 16.7 Å². The second-order valence-electron chi connectivity index (χ2n) is 3.86. The molecule has 1 heterocycles. The lowest BCUT2D eigenvalue weighted by molar-refractivity contribution is -0.0180. The van der Waals surface area contributed by atoms with Crippen LogP contribution in [0.1, 0.15) is 11.8 Å². The van der Waals surface area contributed by atoms with Crippen molar-refractivity contribution in [2.45, 2.75) is 12.5 Å². The maximum Gasteiger partial charge on any atom is 0.119 e. The molecule has 0 aliphatic heterocycles. The predicted molar refractivity (Wildman–Crippen MR) is 63.3 cm³/mol. The third kappa shape index (κ3) is 2.04. The number of ether oxygens (including phenoxy) is 1. The van der Waals surface area contributed by atoms with Crippen molar-refractivity contribution in [2.24, 2.45) is 0 Å². The van der Waals surface area contributed by atoms with E-state index >= 15 is 0 Å². The maximum atomic E-state index is 10.2. The molecule has 0 bridgehead atoms. The fourth-order valence-corrected chi connectivity index (χ4v) is 2.69. The van der Waals surface area contributed by atoms with E-state index in [0.717, 1.165) is 4.88 Å². The summed E-state index contributed by atoms with van der Waals surface area (Å²) >= 11 is 1.61. The van der Waals surface area contributed by atoms with Crippen molar-refractivity contribution in [3.8, 4) is 0 Å². The highest BCUT2D eigenvalue weighted by molar-refractivity contribution is 7.19. The molecular formula is C12H14O2S. The quantitative estimate of drug-likeness (QED) is 0.865. The summed E-state index contributed by atoms with van der Waals surface area (Å²) in [5.41, 5.74) is -0.890. The van der Waals surface area contributed by atoms with E-state index in [1.807, 2.05) is 18.2 Å². The van der Waals surface area contributed by atoms with Gasteiger partial charge in [0.15, 0.2) is 0 Å². The number of fused-ring (bicyclic) bond motifs is 1. The summed E-state index contributed by atoms with van der Waals surface area (Å²) in [4.78, 5) is 0.950. The molecule has 1 unspecified atom stereocenters. The Balaban J connectivity index is 2.44. The summed E-state index contributed by atoms with van der Waals surface area (Å²) in [5, 5.41) is 11.3. The molecule has 2 nitrogen and oxygen atoms in total. The van der Waals surface area contributed by atoms with E-state index in [9.17, 15) is 5.11 Å². The average molecular weight is 222 g/mol. The SMILES string of the molecule is COCC(C)(O)c1cc2ccccc2s1. The zero-order chi connectivity index (χ0) is 10.9. The van der Waals surface area contributed by atoms with Gasteiger partial charge in [-0.25, -0.2) is 0 Å². The summed E-state index contributed by atoms with van der Waals surface area (Å²) in [6.07, 6.45) is 0. The van der Waals surface area contributed by atoms with Gasteiger partial charge in [-0.05, 0) is 24.4 Å². The highest BCUT2D eigenvalue weighted by atomic mass is 32.1. The molecule has 0 saturated carbocycles. The molecule has 0 aliphatic rings. The van der Waals surface area contributed by atoms with Crippen LogP contribution in [-0.4, -0.2) is 18.8 Å². The molecule has 15 heavy (non-hydrogen) atoms. The van der Waals surface area contributed by atoms with Crippen LogP contribution in [-0.2, 0) is 10.3 Å². The molecular weight excluding hydrogens is 208 g/mol. The van der Waals surface area contributed by atoms with Crippen molar-refractivity contribution in [2.75, 3.05) is 13.7 Å². The first kappa shape index (κ1) is 10.6. The molecule has 0 spiro atoms. The molecule has 2 rings (SSSR count). The van der Waals surface area contributed by atoms with E-state index in [1.165, 1.54) is 10.1 Å². The minimum absolute atomic E-state index is 0.319. The van der Waals surface area contributed by atoms with Gasteiger partial charge < -0.3 is 9.84 Å². The summed E-state index contributed by atoms with van der Waals surface area (Å²) < 4.78 is 6.21. The molecule has 0 amide bonds. The van der Waals surface area contributed by atoms with Crippen molar-refractivity contribution in [1.82, 2.24) is 0 Å². The number of rotatable bonds is 3. The number of methoxy groups -OCH3 is 1. The van der Waals surface area contributed by atoms with Crippen LogP contribution in [0, 0.1) is 0 Å². The summed E-state index contributed by atoms with van der Waals surface area (Å²) in [5.74, 6) is 0. The number of hydrogen-bond donors (Lipinski definition) is 1. The molecule has 1 atom stereocenters. The largest absolute Gasteiger partial charge is 0.382 e. The zero-order valence-corrected chi connectivity index (χ0v) is 9.67. The van der Waals surface area contributed by atoms with Crippen LogP contribution in [0.2, 0.25) is 0 Å². The van der Waals surface area contributed by atoms with E-state index < -0.39 is 5.60 Å². The van der Waals surface area contributed by atoms with Crippen molar-refractivity contribution >= 4 is 21.4 Å². The van der Waals surface area contributed by atoms with Crippen LogP contribution >= 0.6 is 11.3 Å². The van der Waals surface area contributed by atoms with Crippen LogP contribution in [0.5, 0.6) is 0 Å². The lowest BCUT2D eigenvalue weighted by Crippen LogP contribution is -2.25. The van der Waals surface area contributed by atoms with Crippen molar-refractivity contribution < 1.29 is 9.84 Å². The molecule has 2 aromatic rings. The minimum Gasteiger partial charge on any atom is -0.382 e. The van der Waals surface area contributed by atoms with E-state index in [0.29, 0.717) is 6.61 Å². The van der Waals surface area contributed by atoms with E-state index in [1.54, 1.807) is 25.4 Å². The van der Waals surface area contributed by atoms with Gasteiger partial charge in [-0.3, -0.25) is 0 Å². The molecule has 0 saturated heterocycles. The molecule has 1 aromatic carbocycles. The summed E-state index contributed by atoms with van der Waals surface area (Å²) in [7, 11) is 1.60. The normalized spacial score (nSPS) is 15.4. The van der Waals surface area contributed by atoms with Gasteiger partial charge in [-0.1, -0.05) is 18.2 Å². The lowest BCUT2D eigenvalue weighted by Gasteiger charge is -2.20. The van der Waals surface area contributed by atoms with E-state index in [2.05, 4.69) is 12.1 Å². The second kappa shape index (κ2) is 3.93. The molecule has 1 aromatic heterocycles. The van der Waals surface area contributed by atoms with Gasteiger partial charge in [0.2, 0.25) is 0 Å². The maximum absolute atomic E-state index is 10.2. The highest BCUT2D eigenvalue weighted by Crippen LogP contribution is 2.33. The molecule has 80 valence electrons. The molecule has 1 N–H and O–H groups in total. The van der Waals surface area contributed by atoms with Gasteiger partial charge in [-0.2, -0.15) is 0 Å². The van der Waals surface area contributed by atoms with Gasteiger partial charge in [-0.15, -0.1) is 11.3 Å². The van der Waals surface area contributed by atoms with Gasteiger partial charge in [0.25, 0.3) is 0 Å². The summed E-state index contributed by atoms with van der Waals surface area (Å²) in [6.45, 7) is 2.10. The molecule has 0 radical (unpaired) electrons. The first-order valence-corrected chi connectivity index (χ1v) is 5.65. The standard InChI is InChI=1S/C12H14O2S/c1-12(13,8-14-2)11-7-9-5-3-4-6-10(9)15-11/h3-7,13H,8H2,1-2H3. The Bertz CT molecular complexity index is 426.